The van der Waals surface area contributed by atoms with Crippen molar-refractivity contribution >= 4 is 29.2 Å². The third kappa shape index (κ3) is 5.63. The van der Waals surface area contributed by atoms with Crippen LogP contribution in [0.3, 0.4) is 0 Å². The molecule has 0 saturated carbocycles. The second-order valence-electron chi connectivity index (χ2n) is 8.34. The molecule has 1 aromatic heterocycles. The van der Waals surface area contributed by atoms with Gasteiger partial charge in [-0.2, -0.15) is 10.5 Å². The molecule has 1 aliphatic rings. The minimum atomic E-state index is -0.358. The first-order valence-corrected chi connectivity index (χ1v) is 12.3. The van der Waals surface area contributed by atoms with Crippen LogP contribution in [-0.4, -0.2) is 35.2 Å². The first-order valence-electron chi connectivity index (χ1n) is 11.4. The molecule has 4 rings (SSSR count). The third-order valence-corrected chi connectivity index (χ3v) is 6.89. The number of nitrogens with one attached hydrogen (secondary N) is 1. The highest BCUT2D eigenvalue weighted by atomic mass is 32.2. The smallest absolute Gasteiger partial charge is 0.221 e. The zero-order valence-electron chi connectivity index (χ0n) is 19.4. The van der Waals surface area contributed by atoms with Gasteiger partial charge in [-0.3, -0.25) is 4.79 Å². The first-order chi connectivity index (χ1) is 17.0. The fourth-order valence-electron chi connectivity index (χ4n) is 4.11. The highest BCUT2D eigenvalue weighted by molar-refractivity contribution is 7.98. The van der Waals surface area contributed by atoms with E-state index in [0.29, 0.717) is 70.5 Å². The highest BCUT2D eigenvalue weighted by Gasteiger charge is 2.27. The van der Waals surface area contributed by atoms with E-state index >= 15 is 0 Å². The topological polar surface area (TPSA) is 113 Å². The summed E-state index contributed by atoms with van der Waals surface area (Å²) in [4.78, 5) is 18.3. The molecule has 8 heteroatoms. The van der Waals surface area contributed by atoms with Crippen molar-refractivity contribution in [2.45, 2.75) is 36.6 Å². The van der Waals surface area contributed by atoms with Crippen LogP contribution in [0.25, 0.3) is 11.1 Å². The van der Waals surface area contributed by atoms with Gasteiger partial charge in [0, 0.05) is 37.0 Å². The molecule has 2 N–H and O–H groups in total. The van der Waals surface area contributed by atoms with Crippen molar-refractivity contribution in [2.75, 3.05) is 23.3 Å². The van der Waals surface area contributed by atoms with Gasteiger partial charge in [0.1, 0.15) is 28.5 Å². The van der Waals surface area contributed by atoms with Gasteiger partial charge in [0.05, 0.1) is 11.7 Å². The van der Waals surface area contributed by atoms with Crippen LogP contribution in [0.15, 0.2) is 59.6 Å². The molecular formula is C27H25N5O2S. The monoisotopic (exact) mass is 483 g/mol. The summed E-state index contributed by atoms with van der Waals surface area (Å²) >= 11 is 1.47. The van der Waals surface area contributed by atoms with Crippen molar-refractivity contribution < 1.29 is 9.90 Å². The summed E-state index contributed by atoms with van der Waals surface area (Å²) in [5.41, 5.74) is 3.68. The number of aromatic nitrogens is 1. The molecule has 7 nitrogen and oxygen atoms in total. The number of hydrogen-bond donors (Lipinski definition) is 2. The lowest BCUT2D eigenvalue weighted by atomic mass is 9.95. The number of aliphatic hydroxyl groups excluding tert-OH is 1. The average Bonchev–Trinajstić information content (AvgIpc) is 2.87. The van der Waals surface area contributed by atoms with Crippen LogP contribution in [0, 0.1) is 22.7 Å². The summed E-state index contributed by atoms with van der Waals surface area (Å²) in [6.07, 6.45) is 0.836. The Morgan fingerprint density at radius 2 is 1.74 bits per heavy atom. The highest BCUT2D eigenvalue weighted by Crippen LogP contribution is 2.39. The Labute approximate surface area is 209 Å². The number of benzene rings is 2. The third-order valence-electron chi connectivity index (χ3n) is 5.84. The lowest BCUT2D eigenvalue weighted by Crippen LogP contribution is -2.37. The van der Waals surface area contributed by atoms with E-state index < -0.39 is 0 Å². The van der Waals surface area contributed by atoms with E-state index in [2.05, 4.69) is 17.5 Å². The number of hydrogen-bond acceptors (Lipinski definition) is 7. The van der Waals surface area contributed by atoms with Crippen molar-refractivity contribution in [1.82, 2.24) is 4.98 Å². The summed E-state index contributed by atoms with van der Waals surface area (Å²) in [6.45, 7) is 2.60. The van der Waals surface area contributed by atoms with Crippen LogP contribution in [0.2, 0.25) is 0 Å². The van der Waals surface area contributed by atoms with Crippen LogP contribution in [0.5, 0.6) is 0 Å². The van der Waals surface area contributed by atoms with Crippen molar-refractivity contribution in [3.63, 3.8) is 0 Å². The molecule has 2 heterocycles. The van der Waals surface area contributed by atoms with Gasteiger partial charge in [-0.1, -0.05) is 42.5 Å². The average molecular weight is 484 g/mol. The lowest BCUT2D eigenvalue weighted by Gasteiger charge is -2.32. The Kier molecular flexibility index (Phi) is 7.67. The number of amides is 1. The Balaban J connectivity index is 1.83. The predicted octanol–water partition coefficient (Wildman–Crippen LogP) is 4.70. The van der Waals surface area contributed by atoms with Gasteiger partial charge in [-0.25, -0.2) is 4.98 Å². The molecule has 1 amide bonds. The van der Waals surface area contributed by atoms with Gasteiger partial charge >= 0.3 is 0 Å². The zero-order chi connectivity index (χ0) is 24.8. The quantitative estimate of drug-likeness (QED) is 0.489. The number of carbonyl (C=O) groups excluding carboxylic acids is 1. The Morgan fingerprint density at radius 3 is 2.34 bits per heavy atom. The van der Waals surface area contributed by atoms with E-state index in [1.54, 1.807) is 24.3 Å². The molecule has 0 radical (unpaired) electrons. The first kappa shape index (κ1) is 24.3. The molecule has 2 aromatic carbocycles. The van der Waals surface area contributed by atoms with E-state index in [1.807, 2.05) is 35.2 Å². The maximum Gasteiger partial charge on any atom is 0.221 e. The molecule has 1 aliphatic heterocycles. The van der Waals surface area contributed by atoms with Crippen LogP contribution in [0.1, 0.15) is 36.5 Å². The number of piperidine rings is 1. The maximum atomic E-state index is 11.4. The number of thioether (sulfide) groups is 1. The summed E-state index contributed by atoms with van der Waals surface area (Å²) in [5, 5.41) is 33.7. The van der Waals surface area contributed by atoms with E-state index in [9.17, 15) is 20.4 Å². The number of aliphatic hydroxyl groups is 1. The van der Waals surface area contributed by atoms with Crippen LogP contribution in [-0.2, 0) is 10.5 Å². The van der Waals surface area contributed by atoms with Gasteiger partial charge in [-0.05, 0) is 36.1 Å². The molecule has 1 saturated heterocycles. The van der Waals surface area contributed by atoms with Gasteiger partial charge in [0.2, 0.25) is 5.91 Å². The minimum absolute atomic E-state index is 0.175. The number of carbonyl (C=O) groups is 1. The second-order valence-corrected chi connectivity index (χ2v) is 9.30. The molecular weight excluding hydrogens is 458 g/mol. The van der Waals surface area contributed by atoms with E-state index in [4.69, 9.17) is 4.98 Å². The zero-order valence-corrected chi connectivity index (χ0v) is 20.2. The van der Waals surface area contributed by atoms with E-state index in [1.165, 1.54) is 18.7 Å². The molecule has 176 valence electrons. The van der Waals surface area contributed by atoms with Crippen molar-refractivity contribution in [3.8, 4) is 23.3 Å². The van der Waals surface area contributed by atoms with Gasteiger partial charge in [-0.15, -0.1) is 11.8 Å². The predicted molar refractivity (Wildman–Crippen MR) is 137 cm³/mol. The molecule has 35 heavy (non-hydrogen) atoms. The SMILES string of the molecule is CC(=O)Nc1ccc(-c2c(C#N)c(SCc3ccccc3)nc(N3CCC(O)CC3)c2C#N)cc1. The van der Waals surface area contributed by atoms with Crippen molar-refractivity contribution in [2.24, 2.45) is 0 Å². The molecule has 1 fully saturated rings. The number of nitriles is 2. The van der Waals surface area contributed by atoms with Crippen LogP contribution in [0.4, 0.5) is 11.5 Å². The van der Waals surface area contributed by atoms with E-state index in [0.717, 1.165) is 5.56 Å². The Morgan fingerprint density at radius 1 is 1.09 bits per heavy atom. The van der Waals surface area contributed by atoms with E-state index in [-0.39, 0.29) is 12.0 Å². The number of nitrogens with zero attached hydrogens (tertiary/aromatic N) is 4. The summed E-state index contributed by atoms with van der Waals surface area (Å²) in [5.74, 6) is 0.995. The van der Waals surface area contributed by atoms with Crippen LogP contribution < -0.4 is 10.2 Å². The second kappa shape index (κ2) is 11.1. The fourth-order valence-corrected chi connectivity index (χ4v) is 5.05. The van der Waals surface area contributed by atoms with Crippen LogP contribution >= 0.6 is 11.8 Å². The lowest BCUT2D eigenvalue weighted by molar-refractivity contribution is -0.114. The molecule has 0 unspecified atom stereocenters. The standard InChI is InChI=1S/C27H25N5O2S/c1-18(33)30-21-9-7-20(8-10-21)25-23(15-28)26(32-13-11-22(34)12-14-32)31-27(24(25)16-29)35-17-19-5-3-2-4-6-19/h2-10,22,34H,11-14,17H2,1H3,(H,30,33). The molecule has 0 bridgehead atoms. The maximum absolute atomic E-state index is 11.4. The normalized spacial score (nSPS) is 13.7. The summed E-state index contributed by atoms with van der Waals surface area (Å²) in [7, 11) is 0. The largest absolute Gasteiger partial charge is 0.393 e. The number of pyridine rings is 1. The number of rotatable bonds is 6. The van der Waals surface area contributed by atoms with Gasteiger partial charge in [0.15, 0.2) is 0 Å². The molecule has 0 aliphatic carbocycles. The Bertz CT molecular complexity index is 1290. The molecule has 3 aromatic rings. The van der Waals surface area contributed by atoms with Gasteiger partial charge < -0.3 is 15.3 Å². The van der Waals surface area contributed by atoms with Gasteiger partial charge in [0.25, 0.3) is 0 Å². The van der Waals surface area contributed by atoms with Crippen molar-refractivity contribution in [3.05, 3.63) is 71.3 Å². The number of anilines is 2. The molecule has 0 atom stereocenters. The minimum Gasteiger partial charge on any atom is -0.393 e. The Hall–Kier alpha value is -3.85. The summed E-state index contributed by atoms with van der Waals surface area (Å²) < 4.78 is 0. The van der Waals surface area contributed by atoms with Crippen molar-refractivity contribution in [1.29, 1.82) is 10.5 Å². The molecule has 0 spiro atoms. The summed E-state index contributed by atoms with van der Waals surface area (Å²) in [6, 6.07) is 21.7. The fraction of sp³-hybridized carbons (Fsp3) is 0.259.